The zero-order valence-corrected chi connectivity index (χ0v) is 15.9. The minimum absolute atomic E-state index is 0.0689. The standard InChI is InChI=1S/C21H26N2O3/c1-13(2)6-5-9-26-19-11-18-17(10-15(19)12-24)16-7-8-22-14(3)20(16)21(25)23(18)4/h7-8,10-11,13,24H,5-6,9,12H2,1-4H3. The highest BCUT2D eigenvalue weighted by molar-refractivity contribution is 6.06. The second-order valence-electron chi connectivity index (χ2n) is 7.20. The van der Waals surface area contributed by atoms with Gasteiger partial charge in [-0.15, -0.1) is 0 Å². The average Bonchev–Trinajstić information content (AvgIpc) is 2.62. The Hall–Kier alpha value is -2.40. The predicted molar refractivity (Wildman–Crippen MR) is 105 cm³/mol. The van der Waals surface area contributed by atoms with Gasteiger partial charge in [-0.2, -0.15) is 0 Å². The van der Waals surface area contributed by atoms with Gasteiger partial charge < -0.3 is 14.4 Å². The van der Waals surface area contributed by atoms with Gasteiger partial charge in [0.1, 0.15) is 5.75 Å². The van der Waals surface area contributed by atoms with Gasteiger partial charge in [-0.25, -0.2) is 0 Å². The number of benzene rings is 1. The Morgan fingerprint density at radius 2 is 2.04 bits per heavy atom. The van der Waals surface area contributed by atoms with Crippen LogP contribution in [0.2, 0.25) is 0 Å². The predicted octanol–water partition coefficient (Wildman–Crippen LogP) is 3.70. The molecule has 0 radical (unpaired) electrons. The number of hydrogen-bond donors (Lipinski definition) is 1. The number of aliphatic hydroxyl groups is 1. The molecule has 0 atom stereocenters. The lowest BCUT2D eigenvalue weighted by atomic mass is 10.0. The third-order valence-electron chi connectivity index (χ3n) is 4.84. The van der Waals surface area contributed by atoms with Gasteiger partial charge in [-0.05, 0) is 43.2 Å². The van der Waals surface area contributed by atoms with E-state index in [-0.39, 0.29) is 12.2 Å². The van der Waals surface area contributed by atoms with E-state index in [4.69, 9.17) is 4.74 Å². The first-order chi connectivity index (χ1) is 12.4. The first kappa shape index (κ1) is 18.4. The van der Waals surface area contributed by atoms with Crippen molar-refractivity contribution in [1.29, 1.82) is 0 Å². The van der Waals surface area contributed by atoms with E-state index < -0.39 is 0 Å². The minimum Gasteiger partial charge on any atom is -0.493 e. The van der Waals surface area contributed by atoms with Gasteiger partial charge in [0, 0.05) is 30.3 Å². The number of nitrogens with zero attached hydrogens (tertiary/aromatic N) is 2. The summed E-state index contributed by atoms with van der Waals surface area (Å²) in [5, 5.41) is 12.2. The van der Waals surface area contributed by atoms with Gasteiger partial charge in [0.15, 0.2) is 0 Å². The summed E-state index contributed by atoms with van der Waals surface area (Å²) >= 11 is 0. The van der Waals surface area contributed by atoms with Crippen LogP contribution in [0.1, 0.15) is 37.9 Å². The third-order valence-corrected chi connectivity index (χ3v) is 4.84. The molecule has 0 bridgehead atoms. The number of hydrogen-bond acceptors (Lipinski definition) is 4. The van der Waals surface area contributed by atoms with E-state index in [0.29, 0.717) is 29.4 Å². The van der Waals surface area contributed by atoms with Crippen LogP contribution in [0.15, 0.2) is 29.2 Å². The van der Waals surface area contributed by atoms with Crippen molar-refractivity contribution in [3.8, 4) is 5.75 Å². The summed E-state index contributed by atoms with van der Waals surface area (Å²) < 4.78 is 7.56. The summed E-state index contributed by atoms with van der Waals surface area (Å²) in [6.07, 6.45) is 3.77. The Kier molecular flexibility index (Phi) is 5.28. The number of ether oxygens (including phenoxy) is 1. The van der Waals surface area contributed by atoms with E-state index in [2.05, 4.69) is 18.8 Å². The molecule has 0 aliphatic rings. The first-order valence-electron chi connectivity index (χ1n) is 9.08. The third kappa shape index (κ3) is 3.31. The van der Waals surface area contributed by atoms with Crippen LogP contribution in [0.5, 0.6) is 5.75 Å². The molecule has 0 saturated carbocycles. The van der Waals surface area contributed by atoms with Crippen LogP contribution in [0.4, 0.5) is 0 Å². The highest BCUT2D eigenvalue weighted by Crippen LogP contribution is 2.30. The van der Waals surface area contributed by atoms with Crippen molar-refractivity contribution in [3.05, 3.63) is 46.0 Å². The van der Waals surface area contributed by atoms with Crippen molar-refractivity contribution < 1.29 is 9.84 Å². The maximum Gasteiger partial charge on any atom is 0.260 e. The van der Waals surface area contributed by atoms with Crippen molar-refractivity contribution in [2.45, 2.75) is 40.2 Å². The second kappa shape index (κ2) is 7.46. The molecule has 5 heteroatoms. The molecule has 1 aromatic carbocycles. The van der Waals surface area contributed by atoms with Crippen molar-refractivity contribution in [1.82, 2.24) is 9.55 Å². The summed E-state index contributed by atoms with van der Waals surface area (Å²) in [6, 6.07) is 5.65. The maximum atomic E-state index is 12.8. The molecule has 3 rings (SSSR count). The normalized spacial score (nSPS) is 11.6. The molecule has 138 valence electrons. The topological polar surface area (TPSA) is 64.4 Å². The molecular formula is C21H26N2O3. The lowest BCUT2D eigenvalue weighted by Gasteiger charge is -2.16. The van der Waals surface area contributed by atoms with E-state index >= 15 is 0 Å². The molecule has 0 aliphatic carbocycles. The quantitative estimate of drug-likeness (QED) is 0.541. The molecule has 2 heterocycles. The molecular weight excluding hydrogens is 328 g/mol. The largest absolute Gasteiger partial charge is 0.493 e. The summed E-state index contributed by atoms with van der Waals surface area (Å²) in [6.45, 7) is 6.71. The summed E-state index contributed by atoms with van der Waals surface area (Å²) in [5.41, 5.74) is 2.17. The fraction of sp³-hybridized carbons (Fsp3) is 0.429. The Labute approximate surface area is 153 Å². The molecule has 5 nitrogen and oxygen atoms in total. The van der Waals surface area contributed by atoms with E-state index in [9.17, 15) is 9.90 Å². The number of rotatable bonds is 6. The van der Waals surface area contributed by atoms with E-state index in [1.807, 2.05) is 25.1 Å². The SMILES string of the molecule is Cc1nccc2c1c(=O)n(C)c1cc(OCCCC(C)C)c(CO)cc21. The number of aliphatic hydroxyl groups excluding tert-OH is 1. The molecule has 0 saturated heterocycles. The first-order valence-corrected chi connectivity index (χ1v) is 9.08. The highest BCUT2D eigenvalue weighted by Gasteiger charge is 2.14. The summed E-state index contributed by atoms with van der Waals surface area (Å²) in [5.74, 6) is 1.28. The number of aryl methyl sites for hydroxylation is 2. The molecule has 0 fully saturated rings. The Morgan fingerprint density at radius 1 is 1.27 bits per heavy atom. The van der Waals surface area contributed by atoms with Gasteiger partial charge in [-0.3, -0.25) is 9.78 Å². The van der Waals surface area contributed by atoms with E-state index in [1.54, 1.807) is 17.8 Å². The highest BCUT2D eigenvalue weighted by atomic mass is 16.5. The van der Waals surface area contributed by atoms with Crippen LogP contribution in [-0.2, 0) is 13.7 Å². The molecule has 0 amide bonds. The monoisotopic (exact) mass is 354 g/mol. The molecule has 26 heavy (non-hydrogen) atoms. The second-order valence-corrected chi connectivity index (χ2v) is 7.20. The van der Waals surface area contributed by atoms with Crippen molar-refractivity contribution in [2.24, 2.45) is 13.0 Å². The van der Waals surface area contributed by atoms with Gasteiger partial charge >= 0.3 is 0 Å². The summed E-state index contributed by atoms with van der Waals surface area (Å²) in [7, 11) is 1.76. The molecule has 3 aromatic rings. The van der Waals surface area contributed by atoms with Crippen LogP contribution in [0, 0.1) is 12.8 Å². The van der Waals surface area contributed by atoms with Crippen LogP contribution in [0.25, 0.3) is 21.7 Å². The van der Waals surface area contributed by atoms with Gasteiger partial charge in [-0.1, -0.05) is 13.8 Å². The zero-order chi connectivity index (χ0) is 18.8. The van der Waals surface area contributed by atoms with Gasteiger partial charge in [0.25, 0.3) is 5.56 Å². The number of pyridine rings is 2. The Bertz CT molecular complexity index is 1010. The zero-order valence-electron chi connectivity index (χ0n) is 15.9. The van der Waals surface area contributed by atoms with Gasteiger partial charge in [0.2, 0.25) is 0 Å². The van der Waals surface area contributed by atoms with Crippen molar-refractivity contribution in [3.63, 3.8) is 0 Å². The number of fused-ring (bicyclic) bond motifs is 3. The Morgan fingerprint density at radius 3 is 2.73 bits per heavy atom. The van der Waals surface area contributed by atoms with Gasteiger partial charge in [0.05, 0.1) is 29.8 Å². The van der Waals surface area contributed by atoms with Crippen LogP contribution in [0.3, 0.4) is 0 Å². The van der Waals surface area contributed by atoms with Crippen LogP contribution >= 0.6 is 0 Å². The molecule has 2 aromatic heterocycles. The van der Waals surface area contributed by atoms with Crippen LogP contribution in [-0.4, -0.2) is 21.3 Å². The number of aromatic nitrogens is 2. The van der Waals surface area contributed by atoms with Crippen molar-refractivity contribution in [2.75, 3.05) is 6.61 Å². The molecule has 0 unspecified atom stereocenters. The maximum absolute atomic E-state index is 12.8. The van der Waals surface area contributed by atoms with Crippen molar-refractivity contribution >= 4 is 21.7 Å². The molecule has 0 aliphatic heterocycles. The molecule has 0 spiro atoms. The lowest BCUT2D eigenvalue weighted by Crippen LogP contribution is -2.19. The molecule has 1 N–H and O–H groups in total. The fourth-order valence-corrected chi connectivity index (χ4v) is 3.38. The van der Waals surface area contributed by atoms with Crippen LogP contribution < -0.4 is 10.3 Å². The summed E-state index contributed by atoms with van der Waals surface area (Å²) in [4.78, 5) is 17.0. The van der Waals surface area contributed by atoms with E-state index in [0.717, 1.165) is 34.7 Å². The van der Waals surface area contributed by atoms with E-state index in [1.165, 1.54) is 0 Å². The smallest absolute Gasteiger partial charge is 0.260 e. The lowest BCUT2D eigenvalue weighted by molar-refractivity contribution is 0.258. The fourth-order valence-electron chi connectivity index (χ4n) is 3.38. The minimum atomic E-state index is -0.107. The average molecular weight is 354 g/mol. The Balaban J connectivity index is 2.14.